The summed E-state index contributed by atoms with van der Waals surface area (Å²) in [6, 6.07) is 9.49. The number of esters is 1. The zero-order valence-electron chi connectivity index (χ0n) is 11.3. The third kappa shape index (κ3) is 4.04. The van der Waals surface area contributed by atoms with E-state index in [0.29, 0.717) is 13.2 Å². The van der Waals surface area contributed by atoms with E-state index in [1.807, 2.05) is 37.3 Å². The Labute approximate surface area is 114 Å². The van der Waals surface area contributed by atoms with E-state index >= 15 is 0 Å². The summed E-state index contributed by atoms with van der Waals surface area (Å²) in [6.07, 6.45) is 2.06. The van der Waals surface area contributed by atoms with Crippen LogP contribution in [-0.2, 0) is 14.3 Å². The quantitative estimate of drug-likeness (QED) is 0.826. The Hall–Kier alpha value is -1.39. The van der Waals surface area contributed by atoms with Gasteiger partial charge in [-0.2, -0.15) is 0 Å². The maximum atomic E-state index is 12.1. The molecule has 0 amide bonds. The molecule has 4 nitrogen and oxygen atoms in total. The van der Waals surface area contributed by atoms with Crippen molar-refractivity contribution in [3.05, 3.63) is 35.9 Å². The Morgan fingerprint density at radius 2 is 2.26 bits per heavy atom. The third-order valence-electron chi connectivity index (χ3n) is 3.22. The molecule has 0 aromatic heterocycles. The first-order valence-corrected chi connectivity index (χ1v) is 6.86. The first kappa shape index (κ1) is 14.0. The van der Waals surface area contributed by atoms with Crippen LogP contribution in [0.5, 0.6) is 0 Å². The SMILES string of the molecule is CCOC(=O)C(NC1CCCOC1)c1ccccc1. The second kappa shape index (κ2) is 7.26. The van der Waals surface area contributed by atoms with Gasteiger partial charge in [-0.3, -0.25) is 5.32 Å². The van der Waals surface area contributed by atoms with E-state index in [1.165, 1.54) is 0 Å². The van der Waals surface area contributed by atoms with Crippen molar-refractivity contribution in [3.63, 3.8) is 0 Å². The molecule has 2 unspecified atom stereocenters. The van der Waals surface area contributed by atoms with Gasteiger partial charge in [-0.25, -0.2) is 4.79 Å². The molecule has 4 heteroatoms. The number of rotatable bonds is 5. The van der Waals surface area contributed by atoms with Crippen LogP contribution in [0.1, 0.15) is 31.4 Å². The molecule has 2 rings (SSSR count). The number of carbonyl (C=O) groups is 1. The lowest BCUT2D eigenvalue weighted by molar-refractivity contribution is -0.146. The second-order valence-electron chi connectivity index (χ2n) is 4.68. The van der Waals surface area contributed by atoms with Crippen molar-refractivity contribution in [2.45, 2.75) is 31.8 Å². The molecule has 1 aliphatic heterocycles. The van der Waals surface area contributed by atoms with Crippen LogP contribution in [-0.4, -0.2) is 31.8 Å². The molecule has 1 aromatic carbocycles. The molecule has 0 saturated carbocycles. The van der Waals surface area contributed by atoms with Gasteiger partial charge >= 0.3 is 5.97 Å². The van der Waals surface area contributed by atoms with E-state index in [9.17, 15) is 4.79 Å². The van der Waals surface area contributed by atoms with E-state index in [2.05, 4.69) is 5.32 Å². The van der Waals surface area contributed by atoms with Crippen LogP contribution in [0.25, 0.3) is 0 Å². The summed E-state index contributed by atoms with van der Waals surface area (Å²) < 4.78 is 10.6. The summed E-state index contributed by atoms with van der Waals surface area (Å²) in [4.78, 5) is 12.1. The summed E-state index contributed by atoms with van der Waals surface area (Å²) >= 11 is 0. The first-order chi connectivity index (χ1) is 9.31. The van der Waals surface area contributed by atoms with Gasteiger partial charge in [-0.05, 0) is 25.3 Å². The van der Waals surface area contributed by atoms with E-state index < -0.39 is 6.04 Å². The number of hydrogen-bond acceptors (Lipinski definition) is 4. The normalized spacial score (nSPS) is 20.8. The summed E-state index contributed by atoms with van der Waals surface area (Å²) in [5.74, 6) is -0.223. The van der Waals surface area contributed by atoms with Crippen molar-refractivity contribution in [1.82, 2.24) is 5.32 Å². The predicted octanol–water partition coefficient (Wildman–Crippen LogP) is 2.06. The van der Waals surface area contributed by atoms with E-state index in [4.69, 9.17) is 9.47 Å². The largest absolute Gasteiger partial charge is 0.465 e. The summed E-state index contributed by atoms with van der Waals surface area (Å²) in [5.41, 5.74) is 0.937. The van der Waals surface area contributed by atoms with E-state index in [0.717, 1.165) is 25.0 Å². The van der Waals surface area contributed by atoms with Crippen molar-refractivity contribution in [3.8, 4) is 0 Å². The van der Waals surface area contributed by atoms with Crippen LogP contribution in [0.15, 0.2) is 30.3 Å². The molecule has 2 atom stereocenters. The summed E-state index contributed by atoms with van der Waals surface area (Å²) in [6.45, 7) is 3.69. The van der Waals surface area contributed by atoms with Gasteiger partial charge in [0, 0.05) is 12.6 Å². The van der Waals surface area contributed by atoms with Crippen LogP contribution in [0.4, 0.5) is 0 Å². The van der Waals surface area contributed by atoms with Crippen molar-refractivity contribution >= 4 is 5.97 Å². The Morgan fingerprint density at radius 3 is 2.89 bits per heavy atom. The average molecular weight is 263 g/mol. The van der Waals surface area contributed by atoms with Crippen molar-refractivity contribution in [2.24, 2.45) is 0 Å². The molecule has 1 aromatic rings. The molecule has 1 aliphatic rings. The molecule has 1 saturated heterocycles. The van der Waals surface area contributed by atoms with Gasteiger partial charge in [-0.1, -0.05) is 30.3 Å². The number of nitrogens with one attached hydrogen (secondary N) is 1. The van der Waals surface area contributed by atoms with Gasteiger partial charge in [0.15, 0.2) is 0 Å². The molecule has 0 aliphatic carbocycles. The maximum absolute atomic E-state index is 12.1. The van der Waals surface area contributed by atoms with Gasteiger partial charge in [0.05, 0.1) is 13.2 Å². The van der Waals surface area contributed by atoms with Gasteiger partial charge in [-0.15, -0.1) is 0 Å². The minimum Gasteiger partial charge on any atom is -0.465 e. The molecule has 0 radical (unpaired) electrons. The van der Waals surface area contributed by atoms with Crippen LogP contribution in [0, 0.1) is 0 Å². The summed E-state index contributed by atoms with van der Waals surface area (Å²) in [7, 11) is 0. The maximum Gasteiger partial charge on any atom is 0.327 e. The fourth-order valence-electron chi connectivity index (χ4n) is 2.28. The second-order valence-corrected chi connectivity index (χ2v) is 4.68. The zero-order chi connectivity index (χ0) is 13.5. The molecule has 19 heavy (non-hydrogen) atoms. The standard InChI is InChI=1S/C15H21NO3/c1-2-19-15(17)14(12-7-4-3-5-8-12)16-13-9-6-10-18-11-13/h3-5,7-8,13-14,16H,2,6,9-11H2,1H3. The molecular formula is C15H21NO3. The Kier molecular flexibility index (Phi) is 5.36. The molecule has 1 N–H and O–H groups in total. The van der Waals surface area contributed by atoms with E-state index in [1.54, 1.807) is 0 Å². The summed E-state index contributed by atoms with van der Waals surface area (Å²) in [5, 5.41) is 3.36. The number of carbonyl (C=O) groups excluding carboxylic acids is 1. The van der Waals surface area contributed by atoms with Gasteiger partial charge in [0.2, 0.25) is 0 Å². The minimum absolute atomic E-state index is 0.211. The van der Waals surface area contributed by atoms with Crippen LogP contribution < -0.4 is 5.32 Å². The van der Waals surface area contributed by atoms with Crippen LogP contribution in [0.2, 0.25) is 0 Å². The minimum atomic E-state index is -0.409. The molecule has 0 bridgehead atoms. The number of benzene rings is 1. The van der Waals surface area contributed by atoms with Crippen molar-refractivity contribution in [2.75, 3.05) is 19.8 Å². The Balaban J connectivity index is 2.07. The monoisotopic (exact) mass is 263 g/mol. The lowest BCUT2D eigenvalue weighted by atomic mass is 10.0. The van der Waals surface area contributed by atoms with E-state index in [-0.39, 0.29) is 12.0 Å². The fraction of sp³-hybridized carbons (Fsp3) is 0.533. The van der Waals surface area contributed by atoms with Gasteiger partial charge in [0.25, 0.3) is 0 Å². The topological polar surface area (TPSA) is 47.6 Å². The highest BCUT2D eigenvalue weighted by atomic mass is 16.5. The van der Waals surface area contributed by atoms with Crippen molar-refractivity contribution in [1.29, 1.82) is 0 Å². The Morgan fingerprint density at radius 1 is 1.47 bits per heavy atom. The smallest absolute Gasteiger partial charge is 0.327 e. The lowest BCUT2D eigenvalue weighted by Crippen LogP contribution is -2.42. The highest BCUT2D eigenvalue weighted by molar-refractivity contribution is 5.77. The molecule has 104 valence electrons. The van der Waals surface area contributed by atoms with Crippen molar-refractivity contribution < 1.29 is 14.3 Å². The predicted molar refractivity (Wildman–Crippen MR) is 72.8 cm³/mol. The molecule has 0 spiro atoms. The lowest BCUT2D eigenvalue weighted by Gasteiger charge is -2.27. The van der Waals surface area contributed by atoms with Crippen LogP contribution in [0.3, 0.4) is 0 Å². The zero-order valence-corrected chi connectivity index (χ0v) is 11.3. The highest BCUT2D eigenvalue weighted by Gasteiger charge is 2.26. The average Bonchev–Trinajstić information content (AvgIpc) is 2.47. The number of ether oxygens (including phenoxy) is 2. The molecular weight excluding hydrogens is 242 g/mol. The van der Waals surface area contributed by atoms with Gasteiger partial charge < -0.3 is 9.47 Å². The Bertz CT molecular complexity index is 388. The first-order valence-electron chi connectivity index (χ1n) is 6.86. The number of hydrogen-bond donors (Lipinski definition) is 1. The highest BCUT2D eigenvalue weighted by Crippen LogP contribution is 2.18. The van der Waals surface area contributed by atoms with Gasteiger partial charge in [0.1, 0.15) is 6.04 Å². The third-order valence-corrected chi connectivity index (χ3v) is 3.22. The molecule has 1 fully saturated rings. The van der Waals surface area contributed by atoms with Crippen LogP contribution >= 0.6 is 0 Å². The molecule has 1 heterocycles. The fourth-order valence-corrected chi connectivity index (χ4v) is 2.28.